The van der Waals surface area contributed by atoms with E-state index in [1.165, 1.54) is 0 Å². The van der Waals surface area contributed by atoms with E-state index in [2.05, 4.69) is 0 Å². The van der Waals surface area contributed by atoms with Crippen molar-refractivity contribution in [1.29, 1.82) is 0 Å². The van der Waals surface area contributed by atoms with E-state index in [1.54, 1.807) is 19.4 Å². The van der Waals surface area contributed by atoms with E-state index in [-0.39, 0.29) is 18.0 Å². The van der Waals surface area contributed by atoms with Crippen LogP contribution in [-0.4, -0.2) is 19.2 Å². The molecule has 1 aliphatic heterocycles. The summed E-state index contributed by atoms with van der Waals surface area (Å²) in [5.41, 5.74) is 0.709. The van der Waals surface area contributed by atoms with Gasteiger partial charge >= 0.3 is 5.97 Å². The fourth-order valence-electron chi connectivity index (χ4n) is 1.43. The third-order valence-corrected chi connectivity index (χ3v) is 2.13. The third-order valence-electron chi connectivity index (χ3n) is 2.13. The molecule has 13 heavy (non-hydrogen) atoms. The fraction of sp³-hybridized carbons (Fsp3) is 0.500. The highest BCUT2D eigenvalue weighted by molar-refractivity contribution is 5.91. The molecule has 0 unspecified atom stereocenters. The Morgan fingerprint density at radius 2 is 2.23 bits per heavy atom. The van der Waals surface area contributed by atoms with Gasteiger partial charge < -0.3 is 9.47 Å². The van der Waals surface area contributed by atoms with Crippen LogP contribution in [0.5, 0.6) is 0 Å². The average Bonchev–Trinajstić information content (AvgIpc) is 2.37. The molecule has 0 spiro atoms. The van der Waals surface area contributed by atoms with Gasteiger partial charge in [-0.2, -0.15) is 0 Å². The summed E-state index contributed by atoms with van der Waals surface area (Å²) in [6.45, 7) is 3.71. The molecule has 3 heteroatoms. The van der Waals surface area contributed by atoms with E-state index < -0.39 is 0 Å². The topological polar surface area (TPSA) is 35.5 Å². The lowest BCUT2D eigenvalue weighted by molar-refractivity contribution is -0.138. The van der Waals surface area contributed by atoms with Gasteiger partial charge in [-0.15, -0.1) is 0 Å². The van der Waals surface area contributed by atoms with Gasteiger partial charge in [0.05, 0.1) is 13.4 Å². The first kappa shape index (κ1) is 9.84. The highest BCUT2D eigenvalue weighted by Gasteiger charge is 2.34. The maximum Gasteiger partial charge on any atom is 0.334 e. The summed E-state index contributed by atoms with van der Waals surface area (Å²) in [6, 6.07) is 0. The smallest absolute Gasteiger partial charge is 0.334 e. The van der Waals surface area contributed by atoms with E-state index in [0.29, 0.717) is 5.57 Å². The molecule has 0 aromatic heterocycles. The Kier molecular flexibility index (Phi) is 3.12. The van der Waals surface area contributed by atoms with Crippen LogP contribution in [-0.2, 0) is 14.3 Å². The second kappa shape index (κ2) is 4.12. The number of ether oxygens (including phenoxy) is 2. The van der Waals surface area contributed by atoms with E-state index in [9.17, 15) is 4.79 Å². The molecule has 0 radical (unpaired) electrons. The Hall–Kier alpha value is -1.25. The van der Waals surface area contributed by atoms with Crippen LogP contribution >= 0.6 is 0 Å². The Balaban J connectivity index is 2.81. The predicted octanol–water partition coefficient (Wildman–Crippen LogP) is 1.65. The molecular formula is C10H14O3. The molecule has 1 saturated heterocycles. The van der Waals surface area contributed by atoms with Gasteiger partial charge in [-0.3, -0.25) is 0 Å². The first-order valence-electron chi connectivity index (χ1n) is 4.27. The van der Waals surface area contributed by atoms with Gasteiger partial charge in [0, 0.05) is 11.5 Å². The largest absolute Gasteiger partial charge is 0.505 e. The Morgan fingerprint density at radius 3 is 2.77 bits per heavy atom. The number of carbonyl (C=O) groups excluding carboxylic acids is 1. The first-order chi connectivity index (χ1) is 6.20. The summed E-state index contributed by atoms with van der Waals surface area (Å²) in [7, 11) is 1.58. The van der Waals surface area contributed by atoms with Crippen LogP contribution in [0.4, 0.5) is 0 Å². The van der Waals surface area contributed by atoms with Gasteiger partial charge in [0.15, 0.2) is 0 Å². The zero-order chi connectivity index (χ0) is 9.84. The highest BCUT2D eigenvalue weighted by Crippen LogP contribution is 2.28. The number of carbonyl (C=O) groups is 1. The van der Waals surface area contributed by atoms with Gasteiger partial charge in [0.1, 0.15) is 6.10 Å². The minimum atomic E-state index is -0.222. The van der Waals surface area contributed by atoms with Crippen LogP contribution in [0.25, 0.3) is 0 Å². The van der Waals surface area contributed by atoms with Crippen molar-refractivity contribution in [1.82, 2.24) is 0 Å². The minimum Gasteiger partial charge on any atom is -0.505 e. The lowest BCUT2D eigenvalue weighted by atomic mass is 9.97. The van der Waals surface area contributed by atoms with Crippen molar-refractivity contribution in [3.8, 4) is 0 Å². The SMILES string of the molecule is C/C=C1/C(=O)O[C@H](C)[C@H]1/C=C/OC. The summed E-state index contributed by atoms with van der Waals surface area (Å²) in [5, 5.41) is 0. The second-order valence-electron chi connectivity index (χ2n) is 2.94. The normalized spacial score (nSPS) is 31.3. The Morgan fingerprint density at radius 1 is 1.54 bits per heavy atom. The highest BCUT2D eigenvalue weighted by atomic mass is 16.5. The molecule has 0 aromatic carbocycles. The molecule has 3 nitrogen and oxygen atoms in total. The molecule has 1 fully saturated rings. The van der Waals surface area contributed by atoms with E-state index in [0.717, 1.165) is 0 Å². The van der Waals surface area contributed by atoms with Crippen molar-refractivity contribution < 1.29 is 14.3 Å². The monoisotopic (exact) mass is 182 g/mol. The van der Waals surface area contributed by atoms with Gasteiger partial charge in [0.2, 0.25) is 0 Å². The average molecular weight is 182 g/mol. The van der Waals surface area contributed by atoms with E-state index in [1.807, 2.05) is 19.9 Å². The second-order valence-corrected chi connectivity index (χ2v) is 2.94. The number of hydrogen-bond acceptors (Lipinski definition) is 3. The number of cyclic esters (lactones) is 1. The Bertz CT molecular complexity index is 253. The fourth-order valence-corrected chi connectivity index (χ4v) is 1.43. The summed E-state index contributed by atoms with van der Waals surface area (Å²) < 4.78 is 9.87. The summed E-state index contributed by atoms with van der Waals surface area (Å²) in [5.74, 6) is -0.196. The molecule has 1 heterocycles. The minimum absolute atomic E-state index is 0.0254. The number of esters is 1. The Labute approximate surface area is 78.0 Å². The van der Waals surface area contributed by atoms with Crippen LogP contribution in [0.2, 0.25) is 0 Å². The van der Waals surface area contributed by atoms with Gasteiger partial charge in [-0.25, -0.2) is 4.79 Å². The number of allylic oxidation sites excluding steroid dienone is 1. The molecule has 0 aliphatic carbocycles. The lowest BCUT2D eigenvalue weighted by Crippen LogP contribution is -2.09. The summed E-state index contributed by atoms with van der Waals surface area (Å²) in [6.07, 6.45) is 5.11. The summed E-state index contributed by atoms with van der Waals surface area (Å²) in [4.78, 5) is 11.2. The quantitative estimate of drug-likeness (QED) is 0.370. The van der Waals surface area contributed by atoms with E-state index >= 15 is 0 Å². The van der Waals surface area contributed by atoms with Gasteiger partial charge in [-0.1, -0.05) is 6.08 Å². The molecule has 0 saturated carbocycles. The molecule has 0 aromatic rings. The number of hydrogen-bond donors (Lipinski definition) is 0. The van der Waals surface area contributed by atoms with Gasteiger partial charge in [0.25, 0.3) is 0 Å². The molecule has 1 aliphatic rings. The molecule has 72 valence electrons. The van der Waals surface area contributed by atoms with E-state index in [4.69, 9.17) is 9.47 Å². The van der Waals surface area contributed by atoms with Crippen molar-refractivity contribution in [2.45, 2.75) is 20.0 Å². The maximum absolute atomic E-state index is 11.2. The predicted molar refractivity (Wildman–Crippen MR) is 49.0 cm³/mol. The third kappa shape index (κ3) is 1.91. The standard InChI is InChI=1S/C10H14O3/c1-4-8-9(5-6-12-3)7(2)13-10(8)11/h4-7,9H,1-3H3/b6-5+,8-4+/t7-,9-/m1/s1. The molecule has 0 N–H and O–H groups in total. The van der Waals surface area contributed by atoms with Crippen LogP contribution in [0.1, 0.15) is 13.8 Å². The van der Waals surface area contributed by atoms with Crippen molar-refractivity contribution in [2.75, 3.05) is 7.11 Å². The lowest BCUT2D eigenvalue weighted by Gasteiger charge is -2.07. The van der Waals surface area contributed by atoms with Crippen LogP contribution in [0.3, 0.4) is 0 Å². The number of methoxy groups -OCH3 is 1. The van der Waals surface area contributed by atoms with Crippen molar-refractivity contribution in [3.63, 3.8) is 0 Å². The van der Waals surface area contributed by atoms with Crippen LogP contribution in [0, 0.1) is 5.92 Å². The first-order valence-corrected chi connectivity index (χ1v) is 4.27. The summed E-state index contributed by atoms with van der Waals surface area (Å²) >= 11 is 0. The van der Waals surface area contributed by atoms with Crippen molar-refractivity contribution >= 4 is 5.97 Å². The number of rotatable bonds is 2. The molecule has 0 bridgehead atoms. The van der Waals surface area contributed by atoms with Crippen LogP contribution < -0.4 is 0 Å². The molecule has 0 amide bonds. The van der Waals surface area contributed by atoms with Crippen molar-refractivity contribution in [3.05, 3.63) is 24.0 Å². The molecule has 1 rings (SSSR count). The zero-order valence-electron chi connectivity index (χ0n) is 8.11. The van der Waals surface area contributed by atoms with Crippen molar-refractivity contribution in [2.24, 2.45) is 5.92 Å². The molecular weight excluding hydrogens is 168 g/mol. The van der Waals surface area contributed by atoms with Gasteiger partial charge in [-0.05, 0) is 19.9 Å². The maximum atomic E-state index is 11.2. The van der Waals surface area contributed by atoms with Crippen LogP contribution in [0.15, 0.2) is 24.0 Å². The zero-order valence-corrected chi connectivity index (χ0v) is 8.11. The molecule has 2 atom stereocenters.